The maximum absolute atomic E-state index is 11.9. The van der Waals surface area contributed by atoms with Crippen molar-refractivity contribution in [2.75, 3.05) is 13.3 Å². The minimum Gasteiger partial charge on any atom is -0.861 e. The quantitative estimate of drug-likeness (QED) is 0.0987. The third-order valence-electron chi connectivity index (χ3n) is 4.52. The van der Waals surface area contributed by atoms with Crippen LogP contribution in [0.5, 0.6) is 0 Å². The second-order valence-corrected chi connectivity index (χ2v) is 11.2. The molecule has 0 aliphatic carbocycles. The van der Waals surface area contributed by atoms with Crippen LogP contribution in [0.1, 0.15) is 0 Å². The summed E-state index contributed by atoms with van der Waals surface area (Å²) in [6.45, 7) is -0.978. The van der Waals surface area contributed by atoms with Crippen LogP contribution in [0, 0.1) is 0 Å². The Kier molecular flexibility index (Phi) is 12.5. The molecule has 10 atom stereocenters. The van der Waals surface area contributed by atoms with Gasteiger partial charge in [0.15, 0.2) is 6.29 Å². The van der Waals surface area contributed by atoms with Crippen molar-refractivity contribution in [1.29, 1.82) is 0 Å². The second-order valence-electron chi connectivity index (χ2n) is 6.79. The van der Waals surface area contributed by atoms with Crippen molar-refractivity contribution in [3.05, 3.63) is 0 Å². The van der Waals surface area contributed by atoms with Crippen LogP contribution in [0.4, 0.5) is 0 Å². The van der Waals surface area contributed by atoms with Crippen LogP contribution in [0.2, 0.25) is 0 Å². The van der Waals surface area contributed by atoms with Gasteiger partial charge in [-0.15, -0.1) is 0 Å². The molecule has 3 rings (SSSR count). The van der Waals surface area contributed by atoms with E-state index in [9.17, 15) is 38.8 Å². The molecule has 0 aromatic carbocycles. The Balaban J connectivity index is 0.00000289. The number of nitrogens with one attached hydrogen (secondary N) is 2. The fourth-order valence-electron chi connectivity index (χ4n) is 3.31. The monoisotopic (exact) mass is 573 g/mol. The number of hydrogen-bond donors (Lipinski definition) is 8. The van der Waals surface area contributed by atoms with Crippen LogP contribution in [0.25, 0.3) is 0 Å². The Morgan fingerprint density at radius 2 is 1.76 bits per heavy atom. The number of nitrogens with zero attached hydrogens (tertiary/aromatic N) is 2. The van der Waals surface area contributed by atoms with Crippen molar-refractivity contribution in [2.24, 2.45) is 10.7 Å². The minimum atomic E-state index is -5.80. The van der Waals surface area contributed by atoms with Crippen molar-refractivity contribution < 1.29 is 126 Å². The number of ether oxygens (including phenoxy) is 1. The summed E-state index contributed by atoms with van der Waals surface area (Å²) in [5.74, 6) is -0.545. The molecule has 2 saturated heterocycles. The number of hydrogen-bond acceptors (Lipinski definition) is 16. The van der Waals surface area contributed by atoms with E-state index in [1.807, 2.05) is 0 Å². The molecule has 9 N–H and O–H groups in total. The molecular formula is C10H20N5Na2O14P3. The van der Waals surface area contributed by atoms with E-state index >= 15 is 0 Å². The zero-order valence-electron chi connectivity index (χ0n) is 17.7. The number of phosphoric ester groups is 1. The first kappa shape index (κ1) is 33.6. The number of aliphatic hydroxyl groups excluding tert-OH is 2. The molecule has 186 valence electrons. The summed E-state index contributed by atoms with van der Waals surface area (Å²) in [4.78, 5) is 42.5. The molecule has 3 aliphatic rings. The summed E-state index contributed by atoms with van der Waals surface area (Å²) in [7, 11) is -17.1. The van der Waals surface area contributed by atoms with Crippen LogP contribution in [-0.4, -0.2) is 92.0 Å². The predicted molar refractivity (Wildman–Crippen MR) is 94.2 cm³/mol. The fourth-order valence-corrected chi connectivity index (χ4v) is 6.30. The number of nitrogens with two attached hydrogens (primary N) is 1. The van der Waals surface area contributed by atoms with Gasteiger partial charge in [-0.25, -0.2) is 18.3 Å². The number of aliphatic hydroxyl groups is 2. The molecule has 0 bridgehead atoms. The number of fused-ring (bicyclic) bond motifs is 1. The van der Waals surface area contributed by atoms with Crippen molar-refractivity contribution in [3.8, 4) is 0 Å². The first-order chi connectivity index (χ1) is 14.6. The topological polar surface area (TPSA) is 301 Å². The van der Waals surface area contributed by atoms with Gasteiger partial charge in [-0.3, -0.25) is 30.4 Å². The fraction of sp³-hybridized carbons (Fsp3) is 0.900. The third-order valence-corrected chi connectivity index (χ3v) is 8.30. The van der Waals surface area contributed by atoms with Crippen LogP contribution < -0.4 is 85.5 Å². The van der Waals surface area contributed by atoms with E-state index in [2.05, 4.69) is 28.8 Å². The van der Waals surface area contributed by atoms with E-state index in [0.717, 1.165) is 0 Å². The van der Waals surface area contributed by atoms with E-state index in [1.54, 1.807) is 0 Å². The van der Waals surface area contributed by atoms with Crippen LogP contribution in [0.3, 0.4) is 0 Å². The average molecular weight is 573 g/mol. The Hall–Kier alpha value is 1.60. The van der Waals surface area contributed by atoms with Crippen molar-refractivity contribution in [3.63, 3.8) is 0 Å². The van der Waals surface area contributed by atoms with Crippen LogP contribution in [-0.2, 0) is 31.6 Å². The van der Waals surface area contributed by atoms with Gasteiger partial charge in [-0.1, -0.05) is 0 Å². The smallest absolute Gasteiger partial charge is 0.861 e. The molecule has 0 aromatic heterocycles. The number of rotatable bonds is 8. The molecule has 0 spiro atoms. The van der Waals surface area contributed by atoms with Gasteiger partial charge in [0.1, 0.15) is 24.5 Å². The van der Waals surface area contributed by atoms with Gasteiger partial charge in [-0.05, 0) is 5.90 Å². The van der Waals surface area contributed by atoms with Gasteiger partial charge >= 0.3 is 74.8 Å². The Morgan fingerprint density at radius 1 is 1.15 bits per heavy atom. The largest absolute Gasteiger partial charge is 1.00 e. The summed E-state index contributed by atoms with van der Waals surface area (Å²) in [6, 6.07) is -0.814. The minimum absolute atomic E-state index is 0. The Labute approximate surface area is 236 Å². The second kappa shape index (κ2) is 12.6. The van der Waals surface area contributed by atoms with Crippen molar-refractivity contribution in [1.82, 2.24) is 15.5 Å². The summed E-state index contributed by atoms with van der Waals surface area (Å²) >= 11 is 0. The molecular weight excluding hydrogens is 553 g/mol. The van der Waals surface area contributed by atoms with Crippen molar-refractivity contribution in [2.45, 2.75) is 43.0 Å². The SMILES string of the molecule is NC1N=C([O-])C2NCN([C@@H]3O[C@H](COP(=O)(O)OP(=O)(O)OP(=O)([O-])O)[C@@H](O)[C@H]3O)C2N1.[Na+].[Na+]. The summed E-state index contributed by atoms with van der Waals surface area (Å²) in [5.41, 5.74) is 5.61. The molecule has 6 unspecified atom stereocenters. The molecule has 0 amide bonds. The Morgan fingerprint density at radius 3 is 2.35 bits per heavy atom. The maximum atomic E-state index is 11.9. The molecule has 2 fully saturated rings. The van der Waals surface area contributed by atoms with Crippen LogP contribution in [0.15, 0.2) is 4.99 Å². The summed E-state index contributed by atoms with van der Waals surface area (Å²) in [5, 5.41) is 38.1. The molecule has 3 heterocycles. The van der Waals surface area contributed by atoms with Gasteiger partial charge in [0, 0.05) is 0 Å². The molecule has 0 saturated carbocycles. The predicted octanol–water partition coefficient (Wildman–Crippen LogP) is -11.7. The van der Waals surface area contributed by atoms with Gasteiger partial charge in [-0.2, -0.15) is 4.31 Å². The summed E-state index contributed by atoms with van der Waals surface area (Å²) < 4.78 is 50.4. The molecule has 0 radical (unpaired) electrons. The maximum Gasteiger partial charge on any atom is 1.00 e. The number of phosphoric acid groups is 3. The average Bonchev–Trinajstić information content (AvgIpc) is 3.12. The normalized spacial score (nSPS) is 38.9. The van der Waals surface area contributed by atoms with Crippen molar-refractivity contribution >= 4 is 29.4 Å². The number of aliphatic imine (C=N–C) groups is 1. The third kappa shape index (κ3) is 8.56. The molecule has 34 heavy (non-hydrogen) atoms. The zero-order valence-corrected chi connectivity index (χ0v) is 24.4. The van der Waals surface area contributed by atoms with E-state index in [0.29, 0.717) is 0 Å². The first-order valence-corrected chi connectivity index (χ1v) is 13.1. The molecule has 24 heteroatoms. The van der Waals surface area contributed by atoms with Gasteiger partial charge in [0.25, 0.3) is 7.82 Å². The van der Waals surface area contributed by atoms with E-state index in [-0.39, 0.29) is 65.8 Å². The van der Waals surface area contributed by atoms with E-state index in [1.165, 1.54) is 4.90 Å². The van der Waals surface area contributed by atoms with Gasteiger partial charge < -0.3 is 39.6 Å². The zero-order chi connectivity index (χ0) is 24.1. The summed E-state index contributed by atoms with van der Waals surface area (Å²) in [6.07, 6.45) is -7.80. The standard InChI is InChI=1S/C10H22N5O14P3.2Na/c11-10-13-7-4(8(18)14-10)12-2-15(7)9-6(17)5(16)3(27-9)1-26-31(22,23)29-32(24,25)28-30(19,20)21;;/h3-7,9-10,12-13,16-17H,1-2,11H2,(H,14,18)(H,22,23)(H,24,25)(H2,19,20,21);;/q;2*+1/p-2/t3-,4?,5-,6-,7?,9-,10?;;/m1../s1. The first-order valence-electron chi connectivity index (χ1n) is 8.62. The Bertz CT molecular complexity index is 896. The van der Waals surface area contributed by atoms with Gasteiger partial charge in [0.2, 0.25) is 0 Å². The molecule has 0 aromatic rings. The van der Waals surface area contributed by atoms with Gasteiger partial charge in [0.05, 0.1) is 25.5 Å². The van der Waals surface area contributed by atoms with Crippen LogP contribution >= 0.6 is 23.5 Å². The van der Waals surface area contributed by atoms with E-state index < -0.39 is 79.0 Å². The molecule has 3 aliphatic heterocycles. The van der Waals surface area contributed by atoms with E-state index in [4.69, 9.17) is 20.3 Å². The molecule has 19 nitrogen and oxygen atoms in total.